The second kappa shape index (κ2) is 3.35. The van der Waals surface area contributed by atoms with Gasteiger partial charge in [0.15, 0.2) is 0 Å². The van der Waals surface area contributed by atoms with E-state index in [-0.39, 0.29) is 6.54 Å². The highest BCUT2D eigenvalue weighted by Crippen LogP contribution is 2.39. The Morgan fingerprint density at radius 2 is 2.29 bits per heavy atom. The minimum Gasteiger partial charge on any atom is -0.327 e. The Hall–Kier alpha value is -0.890. The Morgan fingerprint density at radius 1 is 1.50 bits per heavy atom. The molecule has 0 amide bonds. The number of rotatable bonds is 2. The molecule has 14 heavy (non-hydrogen) atoms. The van der Waals surface area contributed by atoms with Crippen molar-refractivity contribution in [3.05, 3.63) is 34.9 Å². The lowest BCUT2D eigenvalue weighted by atomic mass is 9.96. The predicted molar refractivity (Wildman–Crippen MR) is 56.0 cm³/mol. The fourth-order valence-electron chi connectivity index (χ4n) is 2.16. The highest BCUT2D eigenvalue weighted by atomic mass is 19.1. The van der Waals surface area contributed by atoms with Crippen LogP contribution in [0.1, 0.15) is 30.0 Å². The molecular formula is C12H16FN. The molecule has 0 bridgehead atoms. The molecule has 0 heterocycles. The number of benzene rings is 1. The van der Waals surface area contributed by atoms with Crippen molar-refractivity contribution in [3.63, 3.8) is 0 Å². The van der Waals surface area contributed by atoms with Crippen molar-refractivity contribution >= 4 is 0 Å². The van der Waals surface area contributed by atoms with Gasteiger partial charge in [0.05, 0.1) is 0 Å². The SMILES string of the molecule is CCc1ccc2c(c1)C(F)(CN)CC2. The summed E-state index contributed by atoms with van der Waals surface area (Å²) in [4.78, 5) is 0. The zero-order chi connectivity index (χ0) is 10.2. The van der Waals surface area contributed by atoms with Crippen LogP contribution in [-0.4, -0.2) is 6.54 Å². The van der Waals surface area contributed by atoms with E-state index in [1.54, 1.807) is 0 Å². The van der Waals surface area contributed by atoms with Gasteiger partial charge in [0, 0.05) is 6.54 Å². The molecular weight excluding hydrogens is 177 g/mol. The number of aryl methyl sites for hydroxylation is 2. The van der Waals surface area contributed by atoms with Crippen LogP contribution in [-0.2, 0) is 18.5 Å². The molecule has 0 spiro atoms. The molecule has 1 aliphatic carbocycles. The quantitative estimate of drug-likeness (QED) is 0.766. The van der Waals surface area contributed by atoms with Crippen molar-refractivity contribution in [2.75, 3.05) is 6.54 Å². The minimum atomic E-state index is -1.26. The molecule has 0 aromatic heterocycles. The van der Waals surface area contributed by atoms with Gasteiger partial charge in [0.25, 0.3) is 0 Å². The summed E-state index contributed by atoms with van der Waals surface area (Å²) in [7, 11) is 0. The van der Waals surface area contributed by atoms with Gasteiger partial charge in [-0.3, -0.25) is 0 Å². The molecule has 0 radical (unpaired) electrons. The average molecular weight is 193 g/mol. The zero-order valence-corrected chi connectivity index (χ0v) is 8.52. The van der Waals surface area contributed by atoms with Gasteiger partial charge >= 0.3 is 0 Å². The molecule has 76 valence electrons. The molecule has 1 aromatic carbocycles. The van der Waals surface area contributed by atoms with Crippen molar-refractivity contribution in [1.29, 1.82) is 0 Å². The summed E-state index contributed by atoms with van der Waals surface area (Å²) in [5.74, 6) is 0. The third-order valence-electron chi connectivity index (χ3n) is 3.18. The summed E-state index contributed by atoms with van der Waals surface area (Å²) in [5, 5.41) is 0. The van der Waals surface area contributed by atoms with Crippen molar-refractivity contribution in [1.82, 2.24) is 0 Å². The van der Waals surface area contributed by atoms with E-state index in [2.05, 4.69) is 13.0 Å². The van der Waals surface area contributed by atoms with Crippen LogP contribution in [0.25, 0.3) is 0 Å². The zero-order valence-electron chi connectivity index (χ0n) is 8.52. The fourth-order valence-corrected chi connectivity index (χ4v) is 2.16. The van der Waals surface area contributed by atoms with Gasteiger partial charge in [-0.05, 0) is 36.0 Å². The number of hydrogen-bond donors (Lipinski definition) is 1. The first-order chi connectivity index (χ1) is 6.69. The van der Waals surface area contributed by atoms with Crippen LogP contribution in [0.5, 0.6) is 0 Å². The van der Waals surface area contributed by atoms with Gasteiger partial charge in [-0.1, -0.05) is 25.1 Å². The van der Waals surface area contributed by atoms with E-state index >= 15 is 0 Å². The van der Waals surface area contributed by atoms with Gasteiger partial charge in [-0.2, -0.15) is 0 Å². The Labute approximate surface area is 84.1 Å². The van der Waals surface area contributed by atoms with Crippen LogP contribution in [0.15, 0.2) is 18.2 Å². The van der Waals surface area contributed by atoms with Crippen molar-refractivity contribution in [2.45, 2.75) is 31.9 Å². The van der Waals surface area contributed by atoms with E-state index < -0.39 is 5.67 Å². The molecule has 0 fully saturated rings. The van der Waals surface area contributed by atoms with E-state index in [9.17, 15) is 4.39 Å². The Bertz CT molecular complexity index is 348. The summed E-state index contributed by atoms with van der Waals surface area (Å²) in [6.07, 6.45) is 2.33. The number of hydrogen-bond acceptors (Lipinski definition) is 1. The Morgan fingerprint density at radius 3 is 2.93 bits per heavy atom. The van der Waals surface area contributed by atoms with Crippen molar-refractivity contribution < 1.29 is 4.39 Å². The average Bonchev–Trinajstić information content (AvgIpc) is 2.57. The molecule has 1 aromatic rings. The van der Waals surface area contributed by atoms with Gasteiger partial charge < -0.3 is 5.73 Å². The van der Waals surface area contributed by atoms with Gasteiger partial charge in [0.2, 0.25) is 0 Å². The monoisotopic (exact) mass is 193 g/mol. The molecule has 1 aliphatic rings. The molecule has 1 nitrogen and oxygen atoms in total. The van der Waals surface area contributed by atoms with Crippen LogP contribution < -0.4 is 5.73 Å². The van der Waals surface area contributed by atoms with Crippen LogP contribution in [0, 0.1) is 0 Å². The summed E-state index contributed by atoms with van der Waals surface area (Å²) in [6.45, 7) is 2.19. The smallest absolute Gasteiger partial charge is 0.148 e. The lowest BCUT2D eigenvalue weighted by Crippen LogP contribution is -2.27. The lowest BCUT2D eigenvalue weighted by molar-refractivity contribution is 0.177. The van der Waals surface area contributed by atoms with Gasteiger partial charge in [-0.25, -0.2) is 4.39 Å². The maximum Gasteiger partial charge on any atom is 0.148 e. The van der Waals surface area contributed by atoms with Crippen LogP contribution in [0.2, 0.25) is 0 Å². The predicted octanol–water partition coefficient (Wildman–Crippen LogP) is 2.32. The van der Waals surface area contributed by atoms with E-state index in [1.165, 1.54) is 5.56 Å². The Kier molecular flexibility index (Phi) is 2.31. The van der Waals surface area contributed by atoms with Crippen LogP contribution >= 0.6 is 0 Å². The number of alkyl halides is 1. The third kappa shape index (κ3) is 1.34. The Balaban J connectivity index is 2.47. The van der Waals surface area contributed by atoms with E-state index in [1.807, 2.05) is 12.1 Å². The maximum atomic E-state index is 14.2. The van der Waals surface area contributed by atoms with Crippen LogP contribution in [0.4, 0.5) is 4.39 Å². The maximum absolute atomic E-state index is 14.2. The topological polar surface area (TPSA) is 26.0 Å². The van der Waals surface area contributed by atoms with E-state index in [0.717, 1.165) is 24.0 Å². The largest absolute Gasteiger partial charge is 0.327 e. The number of fused-ring (bicyclic) bond motifs is 1. The van der Waals surface area contributed by atoms with E-state index in [0.29, 0.717) is 6.42 Å². The third-order valence-corrected chi connectivity index (χ3v) is 3.18. The molecule has 2 N–H and O–H groups in total. The summed E-state index contributed by atoms with van der Waals surface area (Å²) >= 11 is 0. The van der Waals surface area contributed by atoms with Gasteiger partial charge in [-0.15, -0.1) is 0 Å². The highest BCUT2D eigenvalue weighted by Gasteiger charge is 2.37. The summed E-state index contributed by atoms with van der Waals surface area (Å²) in [6, 6.07) is 6.11. The highest BCUT2D eigenvalue weighted by molar-refractivity contribution is 5.40. The second-order valence-electron chi connectivity index (χ2n) is 4.01. The molecule has 1 atom stereocenters. The summed E-state index contributed by atoms with van der Waals surface area (Å²) < 4.78 is 14.2. The lowest BCUT2D eigenvalue weighted by Gasteiger charge is -2.18. The standard InChI is InChI=1S/C12H16FN/c1-2-9-3-4-10-5-6-12(13,8-14)11(10)7-9/h3-4,7H,2,5-6,8,14H2,1H3. The first-order valence-electron chi connectivity index (χ1n) is 5.21. The molecule has 0 saturated carbocycles. The molecule has 0 aliphatic heterocycles. The molecule has 1 unspecified atom stereocenters. The first kappa shape index (κ1) is 9.66. The summed E-state index contributed by atoms with van der Waals surface area (Å²) in [5.41, 5.74) is 7.40. The fraction of sp³-hybridized carbons (Fsp3) is 0.500. The molecule has 0 saturated heterocycles. The van der Waals surface area contributed by atoms with Crippen molar-refractivity contribution in [3.8, 4) is 0 Å². The van der Waals surface area contributed by atoms with Crippen LogP contribution in [0.3, 0.4) is 0 Å². The van der Waals surface area contributed by atoms with Crippen molar-refractivity contribution in [2.24, 2.45) is 5.73 Å². The minimum absolute atomic E-state index is 0.104. The van der Waals surface area contributed by atoms with Gasteiger partial charge in [0.1, 0.15) is 5.67 Å². The molecule has 2 heteroatoms. The number of halogens is 1. The number of nitrogens with two attached hydrogens (primary N) is 1. The molecule has 2 rings (SSSR count). The first-order valence-corrected chi connectivity index (χ1v) is 5.21. The van der Waals surface area contributed by atoms with E-state index in [4.69, 9.17) is 5.73 Å². The normalized spacial score (nSPS) is 25.1. The second-order valence-corrected chi connectivity index (χ2v) is 4.01.